The summed E-state index contributed by atoms with van der Waals surface area (Å²) in [6, 6.07) is 6.28. The van der Waals surface area contributed by atoms with Gasteiger partial charge >= 0.3 is 0 Å². The molecule has 0 radical (unpaired) electrons. The maximum Gasteiger partial charge on any atom is 0.221 e. The van der Waals surface area contributed by atoms with Gasteiger partial charge in [0.25, 0.3) is 0 Å². The number of hydrogen-bond donors (Lipinski definition) is 2. The molecule has 142 valence electrons. The molecule has 1 aromatic carbocycles. The van der Waals surface area contributed by atoms with Gasteiger partial charge in [0.1, 0.15) is 5.75 Å². The third kappa shape index (κ3) is 4.04. The van der Waals surface area contributed by atoms with E-state index in [0.717, 1.165) is 56.8 Å². The van der Waals surface area contributed by atoms with E-state index >= 15 is 0 Å². The Kier molecular flexibility index (Phi) is 5.46. The van der Waals surface area contributed by atoms with E-state index in [2.05, 4.69) is 22.3 Å². The normalized spacial score (nSPS) is 26.5. The van der Waals surface area contributed by atoms with Crippen LogP contribution in [0.2, 0.25) is 0 Å². The van der Waals surface area contributed by atoms with Crippen molar-refractivity contribution in [3.63, 3.8) is 0 Å². The molecular weight excluding hydrogens is 328 g/mol. The number of hydrogen-bond acceptors (Lipinski definition) is 4. The molecule has 1 saturated heterocycles. The number of carbonyl (C=O) groups excluding carboxylic acids is 1. The number of rotatable bonds is 6. The topological polar surface area (TPSA) is 61.8 Å². The highest BCUT2D eigenvalue weighted by molar-refractivity contribution is 5.76. The number of amides is 1. The van der Waals surface area contributed by atoms with Gasteiger partial charge in [-0.05, 0) is 68.0 Å². The molecule has 1 amide bonds. The fourth-order valence-electron chi connectivity index (χ4n) is 4.46. The van der Waals surface area contributed by atoms with Crippen LogP contribution in [0.25, 0.3) is 0 Å². The summed E-state index contributed by atoms with van der Waals surface area (Å²) in [6.07, 6.45) is 6.63. The van der Waals surface area contributed by atoms with Crippen LogP contribution in [0.3, 0.4) is 0 Å². The van der Waals surface area contributed by atoms with E-state index in [-0.39, 0.29) is 18.1 Å². The second-order valence-electron chi connectivity index (χ2n) is 8.05. The van der Waals surface area contributed by atoms with Crippen LogP contribution in [0, 0.1) is 5.92 Å². The Hall–Kier alpha value is -1.59. The lowest BCUT2D eigenvalue weighted by molar-refractivity contribution is -0.123. The average molecular weight is 358 g/mol. The number of benzene rings is 1. The number of piperidine rings is 1. The molecule has 0 aromatic heterocycles. The molecule has 0 spiro atoms. The quantitative estimate of drug-likeness (QED) is 0.820. The summed E-state index contributed by atoms with van der Waals surface area (Å²) in [5.74, 6) is 1.42. The summed E-state index contributed by atoms with van der Waals surface area (Å²) in [6.45, 7) is 3.84. The molecule has 1 aliphatic carbocycles. The van der Waals surface area contributed by atoms with E-state index in [1.807, 2.05) is 6.07 Å². The smallest absolute Gasteiger partial charge is 0.221 e. The van der Waals surface area contributed by atoms with Gasteiger partial charge in [0.15, 0.2) is 0 Å². The zero-order valence-corrected chi connectivity index (χ0v) is 15.5. The van der Waals surface area contributed by atoms with Gasteiger partial charge in [0.05, 0.1) is 18.8 Å². The van der Waals surface area contributed by atoms with Gasteiger partial charge in [-0.25, -0.2) is 0 Å². The van der Waals surface area contributed by atoms with Crippen LogP contribution in [0.1, 0.15) is 55.7 Å². The van der Waals surface area contributed by atoms with Crippen LogP contribution in [-0.4, -0.2) is 48.3 Å². The van der Waals surface area contributed by atoms with E-state index < -0.39 is 0 Å². The second kappa shape index (κ2) is 7.97. The molecule has 2 fully saturated rings. The van der Waals surface area contributed by atoms with Crippen LogP contribution in [-0.2, 0) is 11.2 Å². The molecule has 4 rings (SSSR count). The van der Waals surface area contributed by atoms with Crippen molar-refractivity contribution in [1.29, 1.82) is 0 Å². The van der Waals surface area contributed by atoms with Crippen molar-refractivity contribution in [2.45, 2.75) is 57.1 Å². The Morgan fingerprint density at radius 1 is 1.27 bits per heavy atom. The lowest BCUT2D eigenvalue weighted by Crippen LogP contribution is -2.42. The fraction of sp³-hybridized carbons (Fsp3) is 0.667. The molecule has 2 heterocycles. The van der Waals surface area contributed by atoms with Gasteiger partial charge in [0.2, 0.25) is 5.91 Å². The summed E-state index contributed by atoms with van der Waals surface area (Å²) in [5, 5.41) is 13.0. The van der Waals surface area contributed by atoms with Gasteiger partial charge in [-0.15, -0.1) is 0 Å². The van der Waals surface area contributed by atoms with E-state index in [0.29, 0.717) is 12.3 Å². The van der Waals surface area contributed by atoms with Crippen LogP contribution in [0.15, 0.2) is 18.2 Å². The molecule has 1 saturated carbocycles. The van der Waals surface area contributed by atoms with Crippen molar-refractivity contribution in [2.24, 2.45) is 5.92 Å². The third-order valence-corrected chi connectivity index (χ3v) is 6.11. The minimum Gasteiger partial charge on any atom is -0.493 e. The monoisotopic (exact) mass is 358 g/mol. The van der Waals surface area contributed by atoms with Gasteiger partial charge < -0.3 is 20.1 Å². The number of aliphatic hydroxyl groups is 1. The first-order valence-corrected chi connectivity index (χ1v) is 10.1. The summed E-state index contributed by atoms with van der Waals surface area (Å²) >= 11 is 0. The van der Waals surface area contributed by atoms with Crippen molar-refractivity contribution in [3.8, 4) is 5.75 Å². The Labute approximate surface area is 155 Å². The minimum absolute atomic E-state index is 0.00171. The molecule has 0 bridgehead atoms. The van der Waals surface area contributed by atoms with Gasteiger partial charge in [-0.3, -0.25) is 4.79 Å². The first-order chi connectivity index (χ1) is 12.7. The van der Waals surface area contributed by atoms with Crippen molar-refractivity contribution in [1.82, 2.24) is 10.2 Å². The van der Waals surface area contributed by atoms with E-state index in [1.165, 1.54) is 24.8 Å². The predicted molar refractivity (Wildman–Crippen MR) is 100 cm³/mol. The maximum atomic E-state index is 12.6. The van der Waals surface area contributed by atoms with Gasteiger partial charge in [0, 0.05) is 19.4 Å². The molecule has 2 aliphatic heterocycles. The third-order valence-electron chi connectivity index (χ3n) is 6.11. The molecule has 26 heavy (non-hydrogen) atoms. The van der Waals surface area contributed by atoms with Crippen molar-refractivity contribution < 1.29 is 14.6 Å². The van der Waals surface area contributed by atoms with E-state index in [1.54, 1.807) is 0 Å². The number of likely N-dealkylation sites (tertiary alicyclic amines) is 1. The van der Waals surface area contributed by atoms with Gasteiger partial charge in [-0.2, -0.15) is 0 Å². The molecule has 5 heteroatoms. The van der Waals surface area contributed by atoms with Crippen LogP contribution >= 0.6 is 0 Å². The lowest BCUT2D eigenvalue weighted by Gasteiger charge is -2.38. The van der Waals surface area contributed by atoms with E-state index in [9.17, 15) is 9.90 Å². The number of fused-ring (bicyclic) bond motifs is 1. The highest BCUT2D eigenvalue weighted by atomic mass is 16.5. The molecule has 1 aromatic rings. The first kappa shape index (κ1) is 17.8. The molecule has 3 aliphatic rings. The number of carbonyl (C=O) groups is 1. The minimum atomic E-state index is -0.217. The highest BCUT2D eigenvalue weighted by Crippen LogP contribution is 2.39. The van der Waals surface area contributed by atoms with Crippen molar-refractivity contribution in [2.75, 3.05) is 26.2 Å². The van der Waals surface area contributed by atoms with Crippen LogP contribution in [0.5, 0.6) is 5.75 Å². The summed E-state index contributed by atoms with van der Waals surface area (Å²) in [4.78, 5) is 15.0. The second-order valence-corrected chi connectivity index (χ2v) is 8.05. The van der Waals surface area contributed by atoms with Crippen molar-refractivity contribution in [3.05, 3.63) is 29.3 Å². The SMILES string of the molecule is O=C(CCN1CCCCC1)N[C@H](c1ccc2c(c1)CCO2)C1CC(O)C1. The Morgan fingerprint density at radius 2 is 2.08 bits per heavy atom. The Balaban J connectivity index is 1.39. The molecule has 1 atom stereocenters. The fourth-order valence-corrected chi connectivity index (χ4v) is 4.46. The van der Waals surface area contributed by atoms with Crippen LogP contribution in [0.4, 0.5) is 0 Å². The average Bonchev–Trinajstić information content (AvgIpc) is 3.11. The zero-order chi connectivity index (χ0) is 17.9. The Bertz CT molecular complexity index is 636. The molecule has 5 nitrogen and oxygen atoms in total. The summed E-state index contributed by atoms with van der Waals surface area (Å²) < 4.78 is 5.60. The number of aliphatic hydroxyl groups excluding tert-OH is 1. The zero-order valence-electron chi connectivity index (χ0n) is 15.5. The van der Waals surface area contributed by atoms with Crippen LogP contribution < -0.4 is 10.1 Å². The first-order valence-electron chi connectivity index (χ1n) is 10.1. The summed E-state index contributed by atoms with van der Waals surface area (Å²) in [7, 11) is 0. The van der Waals surface area contributed by atoms with Gasteiger partial charge in [-0.1, -0.05) is 12.5 Å². The maximum absolute atomic E-state index is 12.6. The molecular formula is C21H30N2O3. The molecule has 2 N–H and O–H groups in total. The number of nitrogens with zero attached hydrogens (tertiary/aromatic N) is 1. The lowest BCUT2D eigenvalue weighted by atomic mass is 9.75. The number of ether oxygens (including phenoxy) is 1. The predicted octanol–water partition coefficient (Wildman–Crippen LogP) is 2.43. The largest absolute Gasteiger partial charge is 0.493 e. The highest BCUT2D eigenvalue weighted by Gasteiger charge is 2.36. The van der Waals surface area contributed by atoms with Crippen molar-refractivity contribution >= 4 is 5.91 Å². The number of nitrogens with one attached hydrogen (secondary N) is 1. The molecule has 0 unspecified atom stereocenters. The standard InChI is InChI=1S/C21H30N2O3/c24-18-13-17(14-18)21(16-4-5-19-15(12-16)7-11-26-19)22-20(25)6-10-23-8-2-1-3-9-23/h4-5,12,17-18,21,24H,1-3,6-11,13-14H2,(H,22,25)/t17?,18?,21-/m1/s1. The van der Waals surface area contributed by atoms with E-state index in [4.69, 9.17) is 4.74 Å². The summed E-state index contributed by atoms with van der Waals surface area (Å²) in [5.41, 5.74) is 2.38. The Morgan fingerprint density at radius 3 is 2.85 bits per heavy atom.